The Morgan fingerprint density at radius 3 is 2.80 bits per heavy atom. The van der Waals surface area contributed by atoms with Gasteiger partial charge in [0.15, 0.2) is 12.0 Å². The lowest BCUT2D eigenvalue weighted by atomic mass is 9.97. The zero-order chi connectivity index (χ0) is 20.6. The first-order chi connectivity index (χ1) is 14.4. The van der Waals surface area contributed by atoms with Gasteiger partial charge in [0.25, 0.3) is 0 Å². The molecule has 6 rings (SSSR count). The van der Waals surface area contributed by atoms with Crippen LogP contribution in [0.3, 0.4) is 0 Å². The van der Waals surface area contributed by atoms with Gasteiger partial charge in [-0.05, 0) is 50.1 Å². The molecule has 0 unspecified atom stereocenters. The fourth-order valence-corrected chi connectivity index (χ4v) is 5.06. The van der Waals surface area contributed by atoms with Gasteiger partial charge in [0.05, 0.1) is 12.3 Å². The van der Waals surface area contributed by atoms with Gasteiger partial charge in [-0.25, -0.2) is 9.97 Å². The number of ether oxygens (including phenoxy) is 4. The molecule has 3 aliphatic heterocycles. The van der Waals surface area contributed by atoms with Gasteiger partial charge in [-0.1, -0.05) is 17.7 Å². The van der Waals surface area contributed by atoms with Gasteiger partial charge in [0.2, 0.25) is 0 Å². The highest BCUT2D eigenvalue weighted by atomic mass is 35.5. The monoisotopic (exact) mass is 427 g/mol. The Kier molecular flexibility index (Phi) is 4.04. The fourth-order valence-electron chi connectivity index (χ4n) is 4.88. The van der Waals surface area contributed by atoms with Crippen LogP contribution in [0.2, 0.25) is 5.02 Å². The third kappa shape index (κ3) is 2.73. The molecular formula is C22H22ClN3O4. The van der Waals surface area contributed by atoms with Gasteiger partial charge in [0, 0.05) is 16.6 Å². The number of hydrogen-bond donors (Lipinski definition) is 0. The number of benzene rings is 1. The molecular weight excluding hydrogens is 406 g/mol. The van der Waals surface area contributed by atoms with Crippen LogP contribution in [-0.2, 0) is 25.6 Å². The van der Waals surface area contributed by atoms with Crippen LogP contribution in [0.4, 0.5) is 0 Å². The molecule has 5 atom stereocenters. The Bertz CT molecular complexity index is 1150. The van der Waals surface area contributed by atoms with Crippen molar-refractivity contribution in [3.05, 3.63) is 58.6 Å². The van der Waals surface area contributed by atoms with Crippen LogP contribution in [0.5, 0.6) is 0 Å². The first-order valence-corrected chi connectivity index (χ1v) is 10.5. The van der Waals surface area contributed by atoms with Crippen molar-refractivity contribution in [3.8, 4) is 0 Å². The molecule has 0 saturated carbocycles. The molecule has 2 saturated heterocycles. The molecule has 3 aliphatic rings. The molecule has 30 heavy (non-hydrogen) atoms. The Morgan fingerprint density at radius 1 is 1.10 bits per heavy atom. The summed E-state index contributed by atoms with van der Waals surface area (Å²) in [4.78, 5) is 8.79. The fraction of sp³-hybridized carbons (Fsp3) is 0.455. The van der Waals surface area contributed by atoms with Crippen molar-refractivity contribution < 1.29 is 18.9 Å². The van der Waals surface area contributed by atoms with E-state index in [-0.39, 0.29) is 30.6 Å². The standard InChI is InChI=1S/C22H22ClN3O4/c1-11-14-6-7-26(20(14)25-10-24-11)21-19-18(29-22(2,3)30-19)17(28-21)16-15-8-13(23)5-4-12(15)9-27-16/h4-8,10,16-19,21H,9H2,1-3H3/t16-,17-,18-,19-,21-/m1/s1. The third-order valence-electron chi connectivity index (χ3n) is 6.18. The average molecular weight is 428 g/mol. The van der Waals surface area contributed by atoms with Crippen molar-refractivity contribution in [2.24, 2.45) is 0 Å². The number of hydrogen-bond acceptors (Lipinski definition) is 6. The summed E-state index contributed by atoms with van der Waals surface area (Å²) in [5.74, 6) is -0.709. The molecule has 7 nitrogen and oxygen atoms in total. The molecule has 5 heterocycles. The number of aryl methyl sites for hydroxylation is 1. The van der Waals surface area contributed by atoms with E-state index in [0.717, 1.165) is 27.9 Å². The second-order valence-electron chi connectivity index (χ2n) is 8.55. The van der Waals surface area contributed by atoms with E-state index < -0.39 is 5.79 Å². The summed E-state index contributed by atoms with van der Waals surface area (Å²) in [5.41, 5.74) is 3.92. The van der Waals surface area contributed by atoms with Gasteiger partial charge in [0.1, 0.15) is 36.4 Å². The smallest absolute Gasteiger partial charge is 0.164 e. The summed E-state index contributed by atoms with van der Waals surface area (Å²) < 4.78 is 27.3. The summed E-state index contributed by atoms with van der Waals surface area (Å²) in [7, 11) is 0. The molecule has 0 spiro atoms. The van der Waals surface area contributed by atoms with Gasteiger partial charge in [-0.15, -0.1) is 0 Å². The molecule has 156 valence electrons. The molecule has 0 aliphatic carbocycles. The van der Waals surface area contributed by atoms with E-state index >= 15 is 0 Å². The molecule has 2 aromatic heterocycles. The molecule has 3 aromatic rings. The van der Waals surface area contributed by atoms with Crippen LogP contribution < -0.4 is 0 Å². The zero-order valence-electron chi connectivity index (χ0n) is 16.9. The number of nitrogens with zero attached hydrogens (tertiary/aromatic N) is 3. The maximum Gasteiger partial charge on any atom is 0.164 e. The van der Waals surface area contributed by atoms with Crippen molar-refractivity contribution in [2.45, 2.75) is 63.8 Å². The molecule has 8 heteroatoms. The summed E-state index contributed by atoms with van der Waals surface area (Å²) in [5, 5.41) is 1.68. The summed E-state index contributed by atoms with van der Waals surface area (Å²) in [6.45, 7) is 6.36. The predicted molar refractivity (Wildman–Crippen MR) is 109 cm³/mol. The van der Waals surface area contributed by atoms with E-state index in [4.69, 9.17) is 30.5 Å². The van der Waals surface area contributed by atoms with Crippen molar-refractivity contribution in [1.82, 2.24) is 14.5 Å². The largest absolute Gasteiger partial charge is 0.366 e. The zero-order valence-corrected chi connectivity index (χ0v) is 17.7. The number of aromatic nitrogens is 3. The Labute approximate surface area is 178 Å². The van der Waals surface area contributed by atoms with E-state index in [2.05, 4.69) is 9.97 Å². The SMILES string of the molecule is Cc1ncnc2c1ccn2[C@@H]1O[C@H]([C@@H]2OCc3ccc(Cl)cc32)[C@H]2OC(C)(C)O[C@H]21. The van der Waals surface area contributed by atoms with E-state index in [0.29, 0.717) is 11.6 Å². The Balaban J connectivity index is 1.42. The first kappa shape index (κ1) is 18.7. The highest BCUT2D eigenvalue weighted by molar-refractivity contribution is 6.30. The average Bonchev–Trinajstić information content (AvgIpc) is 3.43. The maximum atomic E-state index is 6.58. The predicted octanol–water partition coefficient (Wildman–Crippen LogP) is 4.08. The Morgan fingerprint density at radius 2 is 1.93 bits per heavy atom. The number of fused-ring (bicyclic) bond motifs is 3. The minimum atomic E-state index is -0.709. The highest BCUT2D eigenvalue weighted by Gasteiger charge is 2.59. The third-order valence-corrected chi connectivity index (χ3v) is 6.41. The summed E-state index contributed by atoms with van der Waals surface area (Å²) >= 11 is 6.27. The van der Waals surface area contributed by atoms with Gasteiger partial charge in [-0.2, -0.15) is 0 Å². The topological polar surface area (TPSA) is 67.6 Å². The van der Waals surface area contributed by atoms with E-state index in [9.17, 15) is 0 Å². The number of halogens is 1. The van der Waals surface area contributed by atoms with Crippen LogP contribution in [0.15, 0.2) is 36.8 Å². The van der Waals surface area contributed by atoms with Crippen LogP contribution in [0, 0.1) is 6.92 Å². The van der Waals surface area contributed by atoms with Crippen LogP contribution in [0.25, 0.3) is 11.0 Å². The van der Waals surface area contributed by atoms with Crippen molar-refractivity contribution >= 4 is 22.6 Å². The van der Waals surface area contributed by atoms with Crippen molar-refractivity contribution in [1.29, 1.82) is 0 Å². The van der Waals surface area contributed by atoms with Gasteiger partial charge in [-0.3, -0.25) is 0 Å². The first-order valence-electron chi connectivity index (χ1n) is 10.1. The molecule has 0 N–H and O–H groups in total. The summed E-state index contributed by atoms with van der Waals surface area (Å²) in [6.07, 6.45) is 2.00. The second kappa shape index (κ2) is 6.48. The Hall–Kier alpha value is -2.03. The lowest BCUT2D eigenvalue weighted by Gasteiger charge is -2.27. The second-order valence-corrected chi connectivity index (χ2v) is 8.99. The van der Waals surface area contributed by atoms with Crippen molar-refractivity contribution in [3.63, 3.8) is 0 Å². The van der Waals surface area contributed by atoms with E-state index in [1.807, 2.05) is 55.8 Å². The number of rotatable bonds is 2. The maximum absolute atomic E-state index is 6.58. The normalized spacial score (nSPS) is 31.9. The molecule has 2 fully saturated rings. The van der Waals surface area contributed by atoms with Gasteiger partial charge >= 0.3 is 0 Å². The lowest BCUT2D eigenvalue weighted by Crippen LogP contribution is -2.34. The quantitative estimate of drug-likeness (QED) is 0.613. The highest BCUT2D eigenvalue weighted by Crippen LogP contribution is 2.49. The molecule has 0 bridgehead atoms. The molecule has 0 amide bonds. The van der Waals surface area contributed by atoms with Crippen molar-refractivity contribution in [2.75, 3.05) is 0 Å². The lowest BCUT2D eigenvalue weighted by molar-refractivity contribution is -0.210. The van der Waals surface area contributed by atoms with E-state index in [1.165, 1.54) is 0 Å². The molecule has 0 radical (unpaired) electrons. The minimum Gasteiger partial charge on any atom is -0.366 e. The van der Waals surface area contributed by atoms with Gasteiger partial charge < -0.3 is 23.5 Å². The van der Waals surface area contributed by atoms with Crippen LogP contribution >= 0.6 is 11.6 Å². The minimum absolute atomic E-state index is 0.271. The van der Waals surface area contributed by atoms with Crippen LogP contribution in [-0.4, -0.2) is 38.6 Å². The van der Waals surface area contributed by atoms with Crippen LogP contribution in [0.1, 0.15) is 43.0 Å². The summed E-state index contributed by atoms with van der Waals surface area (Å²) in [6, 6.07) is 7.87. The molecule has 1 aromatic carbocycles. The van der Waals surface area contributed by atoms with E-state index in [1.54, 1.807) is 6.33 Å².